The van der Waals surface area contributed by atoms with Crippen LogP contribution >= 0.6 is 0 Å². The Hall–Kier alpha value is -3.09. The minimum atomic E-state index is -2.00. The number of ether oxygens (including phenoxy) is 7. The van der Waals surface area contributed by atoms with Gasteiger partial charge in [0, 0.05) is 18.6 Å². The topological polar surface area (TPSA) is 223 Å². The number of benzene rings is 2. The molecule has 3 aliphatic rings. The maximum atomic E-state index is 13.8. The van der Waals surface area contributed by atoms with Crippen molar-refractivity contribution in [1.29, 1.82) is 0 Å². The van der Waals surface area contributed by atoms with Crippen molar-refractivity contribution in [3.05, 3.63) is 47.5 Å². The lowest BCUT2D eigenvalue weighted by molar-refractivity contribution is -0.318. The molecule has 0 radical (unpaired) electrons. The number of methoxy groups -OCH3 is 2. The fourth-order valence-corrected chi connectivity index (χ4v) is 5.44. The highest BCUT2D eigenvalue weighted by atomic mass is 16.7. The first-order valence-electron chi connectivity index (χ1n) is 14.3. The average molecular weight is 639 g/mol. The Bertz CT molecular complexity index is 1340. The summed E-state index contributed by atoms with van der Waals surface area (Å²) >= 11 is 0. The highest BCUT2D eigenvalue weighted by Crippen LogP contribution is 2.42. The zero-order valence-corrected chi connectivity index (χ0v) is 24.8. The van der Waals surface area contributed by atoms with E-state index in [4.69, 9.17) is 33.2 Å². The lowest BCUT2D eigenvalue weighted by atomic mass is 9.85. The van der Waals surface area contributed by atoms with Crippen LogP contribution in [0.2, 0.25) is 0 Å². The zero-order valence-electron chi connectivity index (χ0n) is 24.8. The van der Waals surface area contributed by atoms with Gasteiger partial charge in [-0.2, -0.15) is 0 Å². The second kappa shape index (κ2) is 13.3. The lowest BCUT2D eigenvalue weighted by Gasteiger charge is -2.42. The van der Waals surface area contributed by atoms with Gasteiger partial charge in [0.25, 0.3) is 0 Å². The van der Waals surface area contributed by atoms with Gasteiger partial charge >= 0.3 is 0 Å². The molecule has 11 atom stereocenters. The standard InChI is InChI=1S/C30H38O15/c1-13-21(31)23(33)25(35)28(43-13)41-11-19-22(32)24(34)26(36)29(45-19)44-18-9-16(40-3)8-17-20(18)27(37)30(38,12-42-17)10-14-4-6-15(39-2)7-5-14/h4-9,13,19,21-26,28-29,31-36,38H,10-12H2,1-3H3/t13-,19+,21-,22+,23+,24-,25+,26+,28+,29+,30-/m0/s1. The smallest absolute Gasteiger partial charge is 0.229 e. The molecule has 0 aromatic heterocycles. The van der Waals surface area contributed by atoms with Crippen LogP contribution in [0, 0.1) is 0 Å². The third kappa shape index (κ3) is 6.59. The zero-order chi connectivity index (χ0) is 32.6. The van der Waals surface area contributed by atoms with E-state index >= 15 is 0 Å². The van der Waals surface area contributed by atoms with Crippen LogP contribution in [0.5, 0.6) is 23.0 Å². The van der Waals surface area contributed by atoms with E-state index < -0.39 is 79.4 Å². The van der Waals surface area contributed by atoms with E-state index in [0.29, 0.717) is 11.3 Å². The van der Waals surface area contributed by atoms with Gasteiger partial charge in [-0.3, -0.25) is 4.79 Å². The summed E-state index contributed by atoms with van der Waals surface area (Å²) < 4.78 is 38.8. The molecule has 0 bridgehead atoms. The summed E-state index contributed by atoms with van der Waals surface area (Å²) in [6.07, 6.45) is -15.3. The third-order valence-corrected chi connectivity index (χ3v) is 8.19. The SMILES string of the molecule is COc1ccc(C[C@]2(O)COc3cc(OC)cc(O[C@@H]4O[C@H](CO[C@@H]5O[C@@H](C)[C@H](O)[C@@H](O)[C@H]5O)[C@@H](O)[C@H](O)[C@H]4O)c3C2=O)cc1. The molecule has 7 N–H and O–H groups in total. The highest BCUT2D eigenvalue weighted by molar-refractivity contribution is 6.08. The first-order valence-corrected chi connectivity index (χ1v) is 14.3. The number of ketones is 1. The van der Waals surface area contributed by atoms with Gasteiger partial charge in [-0.05, 0) is 24.6 Å². The number of carbonyl (C=O) groups is 1. The van der Waals surface area contributed by atoms with Crippen LogP contribution in [0.1, 0.15) is 22.8 Å². The summed E-state index contributed by atoms with van der Waals surface area (Å²) in [4.78, 5) is 13.8. The highest BCUT2D eigenvalue weighted by Gasteiger charge is 2.49. The summed E-state index contributed by atoms with van der Waals surface area (Å²) in [5.41, 5.74) is -1.53. The maximum absolute atomic E-state index is 13.8. The van der Waals surface area contributed by atoms with Gasteiger partial charge in [-0.15, -0.1) is 0 Å². The van der Waals surface area contributed by atoms with Crippen LogP contribution < -0.4 is 18.9 Å². The molecular formula is C30H38O15. The summed E-state index contributed by atoms with van der Waals surface area (Å²) in [6, 6.07) is 9.53. The van der Waals surface area contributed by atoms with Gasteiger partial charge < -0.3 is 68.9 Å². The Morgan fingerprint density at radius 3 is 2.13 bits per heavy atom. The Balaban J connectivity index is 1.36. The molecule has 0 saturated carbocycles. The van der Waals surface area contributed by atoms with Crippen molar-refractivity contribution in [1.82, 2.24) is 0 Å². The largest absolute Gasteiger partial charge is 0.497 e. The van der Waals surface area contributed by atoms with E-state index in [9.17, 15) is 40.5 Å². The molecule has 2 aromatic rings. The molecule has 248 valence electrons. The van der Waals surface area contributed by atoms with E-state index in [2.05, 4.69) is 0 Å². The first-order chi connectivity index (χ1) is 21.4. The van der Waals surface area contributed by atoms with Crippen LogP contribution in [0.15, 0.2) is 36.4 Å². The van der Waals surface area contributed by atoms with Crippen LogP contribution in [-0.2, 0) is 20.6 Å². The van der Waals surface area contributed by atoms with Crippen molar-refractivity contribution in [3.63, 3.8) is 0 Å². The lowest BCUT2D eigenvalue weighted by Crippen LogP contribution is -2.61. The molecule has 0 aliphatic carbocycles. The quantitative estimate of drug-likeness (QED) is 0.162. The fourth-order valence-electron chi connectivity index (χ4n) is 5.44. The molecule has 3 aliphatic heterocycles. The molecular weight excluding hydrogens is 600 g/mol. The molecule has 15 heteroatoms. The van der Waals surface area contributed by atoms with Gasteiger partial charge in [-0.1, -0.05) is 12.1 Å². The summed E-state index contributed by atoms with van der Waals surface area (Å²) in [5.74, 6) is -0.0904. The summed E-state index contributed by atoms with van der Waals surface area (Å²) in [7, 11) is 2.89. The van der Waals surface area contributed by atoms with Gasteiger partial charge in [0.2, 0.25) is 12.1 Å². The number of aliphatic hydroxyl groups is 7. The van der Waals surface area contributed by atoms with Crippen LogP contribution in [-0.4, -0.2) is 136 Å². The second-order valence-electron chi connectivity index (χ2n) is 11.3. The minimum absolute atomic E-state index is 0.0396. The Kier molecular flexibility index (Phi) is 9.86. The van der Waals surface area contributed by atoms with Crippen LogP contribution in [0.4, 0.5) is 0 Å². The number of hydrogen-bond acceptors (Lipinski definition) is 15. The monoisotopic (exact) mass is 638 g/mol. The number of Topliss-reactive ketones (excluding diaryl/α,β-unsaturated/α-hetero) is 1. The average Bonchev–Trinajstić information content (AvgIpc) is 3.03. The maximum Gasteiger partial charge on any atom is 0.229 e. The Labute approximate surface area is 258 Å². The summed E-state index contributed by atoms with van der Waals surface area (Å²) in [6.45, 7) is 0.579. The number of hydrogen-bond donors (Lipinski definition) is 7. The predicted molar refractivity (Wildman–Crippen MR) is 150 cm³/mol. The van der Waals surface area contributed by atoms with E-state index in [1.54, 1.807) is 24.3 Å². The molecule has 5 rings (SSSR count). The van der Waals surface area contributed by atoms with E-state index in [0.717, 1.165) is 0 Å². The molecule has 45 heavy (non-hydrogen) atoms. The van der Waals surface area contributed by atoms with Gasteiger partial charge in [-0.25, -0.2) is 0 Å². The normalized spacial score (nSPS) is 36.5. The van der Waals surface area contributed by atoms with Crippen molar-refractivity contribution in [3.8, 4) is 23.0 Å². The van der Waals surface area contributed by atoms with Crippen molar-refractivity contribution in [2.75, 3.05) is 27.4 Å². The Morgan fingerprint density at radius 2 is 1.47 bits per heavy atom. The predicted octanol–water partition coefficient (Wildman–Crippen LogP) is -1.72. The van der Waals surface area contributed by atoms with Crippen molar-refractivity contribution in [2.24, 2.45) is 0 Å². The Morgan fingerprint density at radius 1 is 0.822 bits per heavy atom. The van der Waals surface area contributed by atoms with Crippen molar-refractivity contribution in [2.45, 2.75) is 80.4 Å². The molecule has 0 spiro atoms. The van der Waals surface area contributed by atoms with Crippen molar-refractivity contribution >= 4 is 5.78 Å². The van der Waals surface area contributed by atoms with E-state index in [-0.39, 0.29) is 35.8 Å². The van der Waals surface area contributed by atoms with Crippen molar-refractivity contribution < 1.29 is 73.7 Å². The number of rotatable bonds is 9. The molecule has 15 nitrogen and oxygen atoms in total. The van der Waals surface area contributed by atoms with Gasteiger partial charge in [0.1, 0.15) is 77.9 Å². The molecule has 2 saturated heterocycles. The third-order valence-electron chi connectivity index (χ3n) is 8.19. The second-order valence-corrected chi connectivity index (χ2v) is 11.3. The fraction of sp³-hybridized carbons (Fsp3) is 0.567. The number of carbonyl (C=O) groups excluding carboxylic acids is 1. The summed E-state index contributed by atoms with van der Waals surface area (Å²) in [5, 5.41) is 73.6. The number of aliphatic hydroxyl groups excluding tert-OH is 6. The molecule has 2 aromatic carbocycles. The first kappa shape index (κ1) is 33.3. The van der Waals surface area contributed by atoms with E-state index in [1.165, 1.54) is 33.3 Å². The molecule has 2 fully saturated rings. The van der Waals surface area contributed by atoms with E-state index in [1.807, 2.05) is 0 Å². The van der Waals surface area contributed by atoms with Crippen LogP contribution in [0.3, 0.4) is 0 Å². The minimum Gasteiger partial charge on any atom is -0.497 e. The van der Waals surface area contributed by atoms with Gasteiger partial charge in [0.15, 0.2) is 11.9 Å². The molecule has 3 heterocycles. The molecule has 0 amide bonds. The molecule has 0 unspecified atom stereocenters. The van der Waals surface area contributed by atoms with Gasteiger partial charge in [0.05, 0.1) is 26.9 Å². The van der Waals surface area contributed by atoms with Crippen LogP contribution in [0.25, 0.3) is 0 Å². The number of fused-ring (bicyclic) bond motifs is 1.